The summed E-state index contributed by atoms with van der Waals surface area (Å²) in [6, 6.07) is 16.1. The number of hydrogen-bond acceptors (Lipinski definition) is 5. The number of hydrogen-bond donors (Lipinski definition) is 2. The average molecular weight is 465 g/mol. The summed E-state index contributed by atoms with van der Waals surface area (Å²) in [4.78, 5) is 37.9. The van der Waals surface area contributed by atoms with Gasteiger partial charge in [0.15, 0.2) is 0 Å². The van der Waals surface area contributed by atoms with Crippen molar-refractivity contribution >= 4 is 18.0 Å². The number of benzene rings is 2. The second-order valence-corrected chi connectivity index (χ2v) is 9.18. The Kier molecular flexibility index (Phi) is 6.24. The molecule has 2 unspecified atom stereocenters. The molecule has 1 saturated heterocycles. The zero-order valence-corrected chi connectivity index (χ0v) is 18.8. The summed E-state index contributed by atoms with van der Waals surface area (Å²) in [5.41, 5.74) is 4.66. The Labute approximate surface area is 197 Å². The van der Waals surface area contributed by atoms with Gasteiger partial charge in [-0.15, -0.1) is 0 Å². The van der Waals surface area contributed by atoms with Crippen LogP contribution in [0.3, 0.4) is 0 Å². The van der Waals surface area contributed by atoms with Crippen LogP contribution < -0.4 is 5.32 Å². The van der Waals surface area contributed by atoms with E-state index >= 15 is 0 Å². The topological polar surface area (TPSA) is 105 Å². The standard InChI is InChI=1S/C26H28N2O6/c29-24(30)15-33-16-12-28(13-16)25(31)21-10-5-11-23(21)27-26(32)34-14-22-19-8-3-1-6-17(19)18-7-2-4-9-20(18)22/h1-4,6-9,16,21-23H,5,10-15H2,(H,27,32)(H,29,30). The van der Waals surface area contributed by atoms with Crippen molar-refractivity contribution < 1.29 is 29.0 Å². The van der Waals surface area contributed by atoms with Gasteiger partial charge in [-0.05, 0) is 35.1 Å². The maximum absolute atomic E-state index is 12.9. The van der Waals surface area contributed by atoms with Gasteiger partial charge in [-0.3, -0.25) is 4.79 Å². The van der Waals surface area contributed by atoms with E-state index in [1.807, 2.05) is 24.3 Å². The molecule has 1 aliphatic heterocycles. The first-order chi connectivity index (χ1) is 16.5. The van der Waals surface area contributed by atoms with Crippen molar-refractivity contribution in [1.82, 2.24) is 10.2 Å². The van der Waals surface area contributed by atoms with Crippen molar-refractivity contribution in [3.63, 3.8) is 0 Å². The molecule has 0 radical (unpaired) electrons. The number of carboxylic acid groups (broad SMARTS) is 1. The number of nitrogens with zero attached hydrogens (tertiary/aromatic N) is 1. The molecule has 2 fully saturated rings. The molecule has 2 atom stereocenters. The van der Waals surface area contributed by atoms with Gasteiger partial charge in [0.1, 0.15) is 13.2 Å². The maximum atomic E-state index is 12.9. The van der Waals surface area contributed by atoms with Crippen molar-refractivity contribution in [3.05, 3.63) is 59.7 Å². The molecule has 8 nitrogen and oxygen atoms in total. The first-order valence-electron chi connectivity index (χ1n) is 11.7. The molecular weight excluding hydrogens is 436 g/mol. The lowest BCUT2D eigenvalue weighted by Gasteiger charge is -2.40. The number of likely N-dealkylation sites (tertiary alicyclic amines) is 1. The van der Waals surface area contributed by atoms with Gasteiger partial charge in [0.25, 0.3) is 0 Å². The first-order valence-corrected chi connectivity index (χ1v) is 11.7. The molecule has 2 aliphatic carbocycles. The normalized spacial score (nSPS) is 21.5. The molecule has 5 rings (SSSR count). The molecule has 0 aromatic heterocycles. The highest BCUT2D eigenvalue weighted by Gasteiger charge is 2.41. The van der Waals surface area contributed by atoms with E-state index in [4.69, 9.17) is 14.6 Å². The predicted octanol–water partition coefficient (Wildman–Crippen LogP) is 3.01. The summed E-state index contributed by atoms with van der Waals surface area (Å²) >= 11 is 0. The Balaban J connectivity index is 1.15. The van der Waals surface area contributed by atoms with Gasteiger partial charge in [0.05, 0.1) is 12.0 Å². The molecule has 1 saturated carbocycles. The zero-order chi connectivity index (χ0) is 23.7. The van der Waals surface area contributed by atoms with Gasteiger partial charge in [0.2, 0.25) is 5.91 Å². The van der Waals surface area contributed by atoms with Crippen LogP contribution in [-0.2, 0) is 19.1 Å². The summed E-state index contributed by atoms with van der Waals surface area (Å²) in [5.74, 6) is -1.34. The van der Waals surface area contributed by atoms with Crippen LogP contribution in [-0.4, -0.2) is 66.4 Å². The van der Waals surface area contributed by atoms with E-state index < -0.39 is 12.1 Å². The minimum Gasteiger partial charge on any atom is -0.480 e. The third-order valence-electron chi connectivity index (χ3n) is 7.08. The molecule has 1 heterocycles. The van der Waals surface area contributed by atoms with Crippen LogP contribution in [0.2, 0.25) is 0 Å². The van der Waals surface area contributed by atoms with Crippen LogP contribution in [0.15, 0.2) is 48.5 Å². The molecule has 2 aromatic carbocycles. The smallest absolute Gasteiger partial charge is 0.407 e. The van der Waals surface area contributed by atoms with E-state index in [1.165, 1.54) is 11.1 Å². The monoisotopic (exact) mass is 464 g/mol. The number of carbonyl (C=O) groups is 3. The van der Waals surface area contributed by atoms with Gasteiger partial charge in [-0.25, -0.2) is 9.59 Å². The van der Waals surface area contributed by atoms with Crippen LogP contribution >= 0.6 is 0 Å². The molecular formula is C26H28N2O6. The first kappa shape index (κ1) is 22.4. The number of amides is 2. The Morgan fingerprint density at radius 3 is 2.26 bits per heavy atom. The molecule has 8 heteroatoms. The van der Waals surface area contributed by atoms with Crippen LogP contribution in [0, 0.1) is 5.92 Å². The van der Waals surface area contributed by atoms with Gasteiger partial charge in [-0.2, -0.15) is 0 Å². The molecule has 3 aliphatic rings. The summed E-state index contributed by atoms with van der Waals surface area (Å²) in [6.45, 7) is 0.655. The summed E-state index contributed by atoms with van der Waals surface area (Å²) in [7, 11) is 0. The lowest BCUT2D eigenvalue weighted by Crippen LogP contribution is -2.58. The average Bonchev–Trinajstić information content (AvgIpc) is 3.39. The van der Waals surface area contributed by atoms with Crippen LogP contribution in [0.1, 0.15) is 36.3 Å². The van der Waals surface area contributed by atoms with Crippen molar-refractivity contribution in [2.75, 3.05) is 26.3 Å². The second-order valence-electron chi connectivity index (χ2n) is 9.18. The summed E-state index contributed by atoms with van der Waals surface area (Å²) < 4.78 is 10.9. The fourth-order valence-electron chi connectivity index (χ4n) is 5.37. The van der Waals surface area contributed by atoms with E-state index in [0.29, 0.717) is 19.5 Å². The van der Waals surface area contributed by atoms with Gasteiger partial charge in [-0.1, -0.05) is 55.0 Å². The fourth-order valence-corrected chi connectivity index (χ4v) is 5.37. The molecule has 0 bridgehead atoms. The Morgan fingerprint density at radius 2 is 1.62 bits per heavy atom. The number of ether oxygens (including phenoxy) is 2. The number of aliphatic carboxylic acids is 1. The minimum absolute atomic E-state index is 0.0111. The van der Waals surface area contributed by atoms with Crippen LogP contribution in [0.5, 0.6) is 0 Å². The third kappa shape index (κ3) is 4.37. The maximum Gasteiger partial charge on any atom is 0.407 e. The fraction of sp³-hybridized carbons (Fsp3) is 0.423. The van der Waals surface area contributed by atoms with E-state index in [-0.39, 0.29) is 43.1 Å². The number of carboxylic acids is 1. The highest BCUT2D eigenvalue weighted by Crippen LogP contribution is 2.44. The lowest BCUT2D eigenvalue weighted by atomic mass is 9.98. The van der Waals surface area contributed by atoms with E-state index in [9.17, 15) is 14.4 Å². The number of carbonyl (C=O) groups excluding carboxylic acids is 2. The summed E-state index contributed by atoms with van der Waals surface area (Å²) in [6.07, 6.45) is 1.56. The van der Waals surface area contributed by atoms with Crippen molar-refractivity contribution in [1.29, 1.82) is 0 Å². The molecule has 178 valence electrons. The van der Waals surface area contributed by atoms with Gasteiger partial charge in [0, 0.05) is 25.0 Å². The minimum atomic E-state index is -1.02. The highest BCUT2D eigenvalue weighted by atomic mass is 16.5. The Hall–Kier alpha value is -3.39. The van der Waals surface area contributed by atoms with Gasteiger partial charge < -0.3 is 24.8 Å². The number of rotatable bonds is 7. The molecule has 0 spiro atoms. The Bertz CT molecular complexity index is 1050. The molecule has 2 N–H and O–H groups in total. The molecule has 2 aromatic rings. The second kappa shape index (κ2) is 9.46. The third-order valence-corrected chi connectivity index (χ3v) is 7.08. The quantitative estimate of drug-likeness (QED) is 0.653. The summed E-state index contributed by atoms with van der Waals surface area (Å²) in [5, 5.41) is 11.6. The Morgan fingerprint density at radius 1 is 0.971 bits per heavy atom. The van der Waals surface area contributed by atoms with Crippen molar-refractivity contribution in [3.8, 4) is 11.1 Å². The van der Waals surface area contributed by atoms with Gasteiger partial charge >= 0.3 is 12.1 Å². The molecule has 34 heavy (non-hydrogen) atoms. The van der Waals surface area contributed by atoms with Crippen LogP contribution in [0.4, 0.5) is 4.79 Å². The predicted molar refractivity (Wildman–Crippen MR) is 123 cm³/mol. The zero-order valence-electron chi connectivity index (χ0n) is 18.8. The van der Waals surface area contributed by atoms with Crippen molar-refractivity contribution in [2.45, 2.75) is 37.3 Å². The molecule has 2 amide bonds. The number of alkyl carbamates (subject to hydrolysis) is 1. The number of nitrogens with one attached hydrogen (secondary N) is 1. The van der Waals surface area contributed by atoms with E-state index in [1.54, 1.807) is 4.90 Å². The number of fused-ring (bicyclic) bond motifs is 3. The van der Waals surface area contributed by atoms with E-state index in [2.05, 4.69) is 29.6 Å². The lowest BCUT2D eigenvalue weighted by molar-refractivity contribution is -0.156. The SMILES string of the molecule is O=C(O)COC1CN(C(=O)C2CCCC2NC(=O)OCC2c3ccccc3-c3ccccc32)C1. The highest BCUT2D eigenvalue weighted by molar-refractivity contribution is 5.82. The van der Waals surface area contributed by atoms with Crippen molar-refractivity contribution in [2.24, 2.45) is 5.92 Å². The van der Waals surface area contributed by atoms with E-state index in [0.717, 1.165) is 24.0 Å². The largest absolute Gasteiger partial charge is 0.480 e. The van der Waals surface area contributed by atoms with Crippen LogP contribution in [0.25, 0.3) is 11.1 Å².